The lowest BCUT2D eigenvalue weighted by Crippen LogP contribution is -2.11. The summed E-state index contributed by atoms with van der Waals surface area (Å²) in [6.07, 6.45) is 0. The number of amides is 1. The fraction of sp³-hybridized carbons (Fsp3) is 0.211. The van der Waals surface area contributed by atoms with E-state index in [9.17, 15) is 4.79 Å². The maximum Gasteiger partial charge on any atom is 0.257 e. The zero-order valence-electron chi connectivity index (χ0n) is 14.8. The lowest BCUT2D eigenvalue weighted by atomic mass is 10.2. The molecule has 0 spiro atoms. The number of ether oxygens (including phenoxy) is 1. The molecule has 27 heavy (non-hydrogen) atoms. The quantitative estimate of drug-likeness (QED) is 0.403. The van der Waals surface area contributed by atoms with Gasteiger partial charge in [-0.25, -0.2) is 0 Å². The van der Waals surface area contributed by atoms with Crippen LogP contribution in [0.5, 0.6) is 5.75 Å². The van der Waals surface area contributed by atoms with Crippen molar-refractivity contribution >= 4 is 45.7 Å². The van der Waals surface area contributed by atoms with Gasteiger partial charge in [-0.1, -0.05) is 66.7 Å². The van der Waals surface area contributed by atoms with E-state index in [-0.39, 0.29) is 5.91 Å². The highest BCUT2D eigenvalue weighted by Gasteiger charge is 2.11. The first kappa shape index (κ1) is 19.7. The van der Waals surface area contributed by atoms with Gasteiger partial charge in [0, 0.05) is 21.4 Å². The second-order valence-electron chi connectivity index (χ2n) is 5.90. The van der Waals surface area contributed by atoms with Crippen LogP contribution in [0.15, 0.2) is 52.9 Å². The van der Waals surface area contributed by atoms with Gasteiger partial charge in [0.05, 0.1) is 0 Å². The van der Waals surface area contributed by atoms with E-state index in [2.05, 4.69) is 29.4 Å². The molecule has 0 saturated carbocycles. The van der Waals surface area contributed by atoms with E-state index in [0.717, 1.165) is 9.90 Å². The molecule has 0 unspecified atom stereocenters. The van der Waals surface area contributed by atoms with Gasteiger partial charge in [0.2, 0.25) is 5.13 Å². The van der Waals surface area contributed by atoms with Crippen molar-refractivity contribution in [2.24, 2.45) is 0 Å². The maximum atomic E-state index is 12.3. The highest BCUT2D eigenvalue weighted by Crippen LogP contribution is 2.28. The molecule has 1 aromatic heterocycles. The van der Waals surface area contributed by atoms with Crippen molar-refractivity contribution in [3.63, 3.8) is 0 Å². The number of thioether (sulfide) groups is 1. The first-order valence-electron chi connectivity index (χ1n) is 8.29. The third kappa shape index (κ3) is 5.69. The van der Waals surface area contributed by atoms with Gasteiger partial charge < -0.3 is 4.74 Å². The molecule has 2 aromatic carbocycles. The molecule has 0 bridgehead atoms. The fourth-order valence-electron chi connectivity index (χ4n) is 2.16. The smallest absolute Gasteiger partial charge is 0.257 e. The summed E-state index contributed by atoms with van der Waals surface area (Å²) in [7, 11) is 0. The van der Waals surface area contributed by atoms with Gasteiger partial charge in [-0.05, 0) is 30.3 Å². The molecule has 1 heterocycles. The Morgan fingerprint density at radius 3 is 2.63 bits per heavy atom. The van der Waals surface area contributed by atoms with Crippen LogP contribution in [-0.4, -0.2) is 21.4 Å². The summed E-state index contributed by atoms with van der Waals surface area (Å²) in [5.74, 6) is 0.433. The third-order valence-corrected chi connectivity index (χ3v) is 5.73. The largest absolute Gasteiger partial charge is 0.489 e. The standard InChI is InChI=1S/C19H18ClN3O2S2/c1-12(2)26-19-23-22-18(27-19)21-17(24)13-7-9-15(10-8-13)25-11-14-5-3-4-6-16(14)20/h3-10,12H,11H2,1-2H3,(H,21,22,24). The number of rotatable bonds is 7. The highest BCUT2D eigenvalue weighted by atomic mass is 35.5. The Bertz CT molecular complexity index is 913. The summed E-state index contributed by atoms with van der Waals surface area (Å²) in [4.78, 5) is 12.3. The summed E-state index contributed by atoms with van der Waals surface area (Å²) in [6, 6.07) is 14.5. The molecule has 0 atom stereocenters. The molecule has 3 rings (SSSR count). The van der Waals surface area contributed by atoms with Crippen LogP contribution in [0.4, 0.5) is 5.13 Å². The molecule has 0 aliphatic heterocycles. The van der Waals surface area contributed by atoms with Crippen molar-refractivity contribution < 1.29 is 9.53 Å². The average Bonchev–Trinajstić information content (AvgIpc) is 3.07. The Labute approximate surface area is 171 Å². The number of nitrogens with one attached hydrogen (secondary N) is 1. The molecule has 0 radical (unpaired) electrons. The molecule has 8 heteroatoms. The van der Waals surface area contributed by atoms with E-state index in [1.165, 1.54) is 11.3 Å². The van der Waals surface area contributed by atoms with Gasteiger partial charge >= 0.3 is 0 Å². The Hall–Kier alpha value is -2.09. The second kappa shape index (κ2) is 9.21. The maximum absolute atomic E-state index is 12.3. The normalized spacial score (nSPS) is 10.8. The summed E-state index contributed by atoms with van der Waals surface area (Å²) < 4.78 is 6.56. The molecule has 0 fully saturated rings. The fourth-order valence-corrected chi connectivity index (χ4v) is 4.32. The van der Waals surface area contributed by atoms with Crippen LogP contribution in [0.3, 0.4) is 0 Å². The molecule has 0 saturated heterocycles. The van der Waals surface area contributed by atoms with Crippen LogP contribution in [-0.2, 0) is 6.61 Å². The van der Waals surface area contributed by atoms with Crippen molar-refractivity contribution in [1.82, 2.24) is 10.2 Å². The molecule has 5 nitrogen and oxygen atoms in total. The Kier molecular flexibility index (Phi) is 6.71. The van der Waals surface area contributed by atoms with Crippen LogP contribution < -0.4 is 10.1 Å². The van der Waals surface area contributed by atoms with E-state index < -0.39 is 0 Å². The topological polar surface area (TPSA) is 64.1 Å². The SMILES string of the molecule is CC(C)Sc1nnc(NC(=O)c2ccc(OCc3ccccc3Cl)cc2)s1. The van der Waals surface area contributed by atoms with E-state index in [1.54, 1.807) is 36.0 Å². The van der Waals surface area contributed by atoms with E-state index in [0.29, 0.717) is 33.3 Å². The molecule has 1 N–H and O–H groups in total. The number of hydrogen-bond acceptors (Lipinski definition) is 6. The first-order chi connectivity index (χ1) is 13.0. The Morgan fingerprint density at radius 2 is 1.93 bits per heavy atom. The number of halogens is 1. The number of anilines is 1. The predicted octanol–water partition coefficient (Wildman–Crippen LogP) is 5.52. The monoisotopic (exact) mass is 419 g/mol. The lowest BCUT2D eigenvalue weighted by molar-refractivity contribution is 0.102. The van der Waals surface area contributed by atoms with Gasteiger partial charge in [-0.15, -0.1) is 10.2 Å². The third-order valence-electron chi connectivity index (χ3n) is 3.43. The van der Waals surface area contributed by atoms with Crippen LogP contribution in [0, 0.1) is 0 Å². The molecule has 0 aliphatic rings. The van der Waals surface area contributed by atoms with Gasteiger partial charge in [-0.2, -0.15) is 0 Å². The van der Waals surface area contributed by atoms with Crippen molar-refractivity contribution in [2.75, 3.05) is 5.32 Å². The summed E-state index contributed by atoms with van der Waals surface area (Å²) in [5, 5.41) is 12.4. The number of hydrogen-bond donors (Lipinski definition) is 1. The van der Waals surface area contributed by atoms with Crippen LogP contribution in [0.25, 0.3) is 0 Å². The minimum Gasteiger partial charge on any atom is -0.489 e. The van der Waals surface area contributed by atoms with E-state index >= 15 is 0 Å². The number of aromatic nitrogens is 2. The van der Waals surface area contributed by atoms with Gasteiger partial charge in [0.25, 0.3) is 5.91 Å². The minimum absolute atomic E-state index is 0.232. The molecule has 140 valence electrons. The van der Waals surface area contributed by atoms with Gasteiger partial charge in [0.1, 0.15) is 12.4 Å². The van der Waals surface area contributed by atoms with Gasteiger partial charge in [-0.3, -0.25) is 10.1 Å². The summed E-state index contributed by atoms with van der Waals surface area (Å²) in [6.45, 7) is 4.53. The van der Waals surface area contributed by atoms with Crippen molar-refractivity contribution in [3.05, 3.63) is 64.7 Å². The van der Waals surface area contributed by atoms with Crippen molar-refractivity contribution in [2.45, 2.75) is 30.0 Å². The summed E-state index contributed by atoms with van der Waals surface area (Å²) >= 11 is 9.10. The zero-order chi connectivity index (χ0) is 19.2. The van der Waals surface area contributed by atoms with Crippen LogP contribution in [0.1, 0.15) is 29.8 Å². The Balaban J connectivity index is 1.57. The number of benzene rings is 2. The molecular formula is C19H18ClN3O2S2. The van der Waals surface area contributed by atoms with Crippen molar-refractivity contribution in [1.29, 1.82) is 0 Å². The molecular weight excluding hydrogens is 402 g/mol. The minimum atomic E-state index is -0.232. The lowest BCUT2D eigenvalue weighted by Gasteiger charge is -2.08. The average molecular weight is 420 g/mol. The van der Waals surface area contributed by atoms with Crippen LogP contribution in [0.2, 0.25) is 5.02 Å². The molecule has 3 aromatic rings. The molecule has 1 amide bonds. The van der Waals surface area contributed by atoms with Crippen LogP contribution >= 0.6 is 34.7 Å². The van der Waals surface area contributed by atoms with Crippen molar-refractivity contribution in [3.8, 4) is 5.75 Å². The highest BCUT2D eigenvalue weighted by molar-refractivity contribution is 8.01. The number of carbonyl (C=O) groups excluding carboxylic acids is 1. The van der Waals surface area contributed by atoms with E-state index in [1.807, 2.05) is 24.3 Å². The number of nitrogens with zero attached hydrogens (tertiary/aromatic N) is 2. The Morgan fingerprint density at radius 1 is 1.19 bits per heavy atom. The van der Waals surface area contributed by atoms with Gasteiger partial charge in [0.15, 0.2) is 4.34 Å². The first-order valence-corrected chi connectivity index (χ1v) is 10.4. The van der Waals surface area contributed by atoms with E-state index in [4.69, 9.17) is 16.3 Å². The number of carbonyl (C=O) groups is 1. The summed E-state index contributed by atoms with van der Waals surface area (Å²) in [5.41, 5.74) is 1.43. The predicted molar refractivity (Wildman–Crippen MR) is 111 cm³/mol. The molecule has 0 aliphatic carbocycles. The second-order valence-corrected chi connectivity index (χ2v) is 9.11. The zero-order valence-corrected chi connectivity index (χ0v) is 17.2.